The summed E-state index contributed by atoms with van der Waals surface area (Å²) in [6, 6.07) is 0. The van der Waals surface area contributed by atoms with Gasteiger partial charge in [-0.05, 0) is 37.7 Å². The number of allylic oxidation sites excluding steroid dienone is 4. The maximum atomic E-state index is 11.9. The standard InChI is InChI=1S/C19H30O3/c1-3-4-8-12-17-16(14-15-18(17)20)11-9-6-5-7-10-13-19(21)22-2/h4,8,14-17H,3,5-7,9-13H2,1-2H3/b8-4-/t16-,17+/m1/s1. The Labute approximate surface area is 134 Å². The Morgan fingerprint density at radius 2 is 1.91 bits per heavy atom. The SMILES string of the molecule is CC/C=C\C[C@@H]1C(=O)C=C[C@H]1CCCCCCCC(=O)OC. The molecule has 0 saturated heterocycles. The average Bonchev–Trinajstić information content (AvgIpc) is 2.87. The van der Waals surface area contributed by atoms with Crippen molar-refractivity contribution in [1.82, 2.24) is 0 Å². The van der Waals surface area contributed by atoms with Gasteiger partial charge in [0.25, 0.3) is 0 Å². The Bertz CT molecular complexity index is 395. The number of methoxy groups -OCH3 is 1. The average molecular weight is 306 g/mol. The Morgan fingerprint density at radius 3 is 2.64 bits per heavy atom. The highest BCUT2D eigenvalue weighted by Gasteiger charge is 2.28. The fourth-order valence-electron chi connectivity index (χ4n) is 2.97. The van der Waals surface area contributed by atoms with Crippen molar-refractivity contribution in [3.63, 3.8) is 0 Å². The molecule has 0 aromatic rings. The van der Waals surface area contributed by atoms with Crippen LogP contribution in [0.2, 0.25) is 0 Å². The van der Waals surface area contributed by atoms with Crippen LogP contribution in [0.25, 0.3) is 0 Å². The summed E-state index contributed by atoms with van der Waals surface area (Å²) in [6.07, 6.45) is 17.2. The molecule has 0 N–H and O–H groups in total. The molecule has 0 aromatic heterocycles. The molecule has 0 bridgehead atoms. The first-order chi connectivity index (χ1) is 10.7. The first kappa shape index (κ1) is 18.7. The van der Waals surface area contributed by atoms with Gasteiger partial charge in [0.05, 0.1) is 7.11 Å². The van der Waals surface area contributed by atoms with Crippen molar-refractivity contribution in [2.75, 3.05) is 7.11 Å². The molecule has 22 heavy (non-hydrogen) atoms. The number of carbonyl (C=O) groups is 2. The third-order valence-electron chi connectivity index (χ3n) is 4.33. The van der Waals surface area contributed by atoms with Gasteiger partial charge in [-0.25, -0.2) is 0 Å². The molecule has 0 saturated carbocycles. The number of esters is 1. The summed E-state index contributed by atoms with van der Waals surface area (Å²) in [5.41, 5.74) is 0. The van der Waals surface area contributed by atoms with Crippen LogP contribution in [0.5, 0.6) is 0 Å². The molecule has 3 heteroatoms. The Hall–Kier alpha value is -1.38. The number of ketones is 1. The van der Waals surface area contributed by atoms with Gasteiger partial charge in [-0.3, -0.25) is 9.59 Å². The Morgan fingerprint density at radius 1 is 1.18 bits per heavy atom. The quantitative estimate of drug-likeness (QED) is 0.318. The predicted octanol–water partition coefficient (Wildman–Crippen LogP) is 4.62. The van der Waals surface area contributed by atoms with Crippen LogP contribution in [0, 0.1) is 11.8 Å². The van der Waals surface area contributed by atoms with Crippen LogP contribution in [-0.2, 0) is 14.3 Å². The summed E-state index contributed by atoms with van der Waals surface area (Å²) in [6.45, 7) is 2.11. The van der Waals surface area contributed by atoms with Crippen molar-refractivity contribution in [2.45, 2.75) is 64.7 Å². The molecule has 0 fully saturated rings. The molecule has 2 atom stereocenters. The first-order valence-electron chi connectivity index (χ1n) is 8.62. The normalized spacial score (nSPS) is 20.9. The summed E-state index contributed by atoms with van der Waals surface area (Å²) in [4.78, 5) is 22.9. The summed E-state index contributed by atoms with van der Waals surface area (Å²) >= 11 is 0. The lowest BCUT2D eigenvalue weighted by atomic mass is 9.87. The molecule has 1 aliphatic rings. The minimum atomic E-state index is -0.113. The molecule has 124 valence electrons. The van der Waals surface area contributed by atoms with E-state index in [1.165, 1.54) is 13.5 Å². The molecule has 0 unspecified atom stereocenters. The smallest absolute Gasteiger partial charge is 0.305 e. The Kier molecular flexibility index (Phi) is 9.52. The lowest BCUT2D eigenvalue weighted by Crippen LogP contribution is -2.15. The summed E-state index contributed by atoms with van der Waals surface area (Å²) in [5.74, 6) is 0.771. The topological polar surface area (TPSA) is 43.4 Å². The van der Waals surface area contributed by atoms with E-state index < -0.39 is 0 Å². The van der Waals surface area contributed by atoms with Gasteiger partial charge in [0, 0.05) is 12.3 Å². The summed E-state index contributed by atoms with van der Waals surface area (Å²) < 4.78 is 4.62. The third kappa shape index (κ3) is 7.06. The van der Waals surface area contributed by atoms with Gasteiger partial charge >= 0.3 is 5.97 Å². The third-order valence-corrected chi connectivity index (χ3v) is 4.33. The zero-order valence-corrected chi connectivity index (χ0v) is 14.1. The van der Waals surface area contributed by atoms with E-state index >= 15 is 0 Å². The number of hydrogen-bond acceptors (Lipinski definition) is 3. The number of carbonyl (C=O) groups excluding carboxylic acids is 2. The minimum absolute atomic E-state index is 0.113. The highest BCUT2D eigenvalue weighted by molar-refractivity contribution is 5.94. The molecule has 0 aromatic carbocycles. The molecule has 3 nitrogen and oxygen atoms in total. The number of rotatable bonds is 11. The van der Waals surface area contributed by atoms with Crippen LogP contribution < -0.4 is 0 Å². The fourth-order valence-corrected chi connectivity index (χ4v) is 2.97. The fraction of sp³-hybridized carbons (Fsp3) is 0.684. The van der Waals surface area contributed by atoms with Gasteiger partial charge in [0.2, 0.25) is 0 Å². The van der Waals surface area contributed by atoms with E-state index in [1.54, 1.807) is 6.08 Å². The molecule has 0 aliphatic heterocycles. The maximum Gasteiger partial charge on any atom is 0.305 e. The van der Waals surface area contributed by atoms with Gasteiger partial charge in [-0.2, -0.15) is 0 Å². The zero-order valence-electron chi connectivity index (χ0n) is 14.1. The summed E-state index contributed by atoms with van der Waals surface area (Å²) in [5, 5.41) is 0. The number of ether oxygens (including phenoxy) is 1. The minimum Gasteiger partial charge on any atom is -0.469 e. The van der Waals surface area contributed by atoms with Crippen LogP contribution in [0.15, 0.2) is 24.3 Å². The van der Waals surface area contributed by atoms with E-state index in [1.807, 2.05) is 0 Å². The van der Waals surface area contributed by atoms with Crippen LogP contribution in [-0.4, -0.2) is 18.9 Å². The van der Waals surface area contributed by atoms with Crippen LogP contribution in [0.1, 0.15) is 64.7 Å². The lowest BCUT2D eigenvalue weighted by Gasteiger charge is -2.16. The predicted molar refractivity (Wildman–Crippen MR) is 89.5 cm³/mol. The van der Waals surface area contributed by atoms with Crippen molar-refractivity contribution >= 4 is 11.8 Å². The van der Waals surface area contributed by atoms with Gasteiger partial charge in [0.1, 0.15) is 0 Å². The van der Waals surface area contributed by atoms with Crippen LogP contribution in [0.4, 0.5) is 0 Å². The van der Waals surface area contributed by atoms with E-state index in [-0.39, 0.29) is 11.9 Å². The Balaban J connectivity index is 2.12. The number of hydrogen-bond donors (Lipinski definition) is 0. The highest BCUT2D eigenvalue weighted by atomic mass is 16.5. The van der Waals surface area contributed by atoms with E-state index in [0.29, 0.717) is 18.1 Å². The second-order valence-corrected chi connectivity index (χ2v) is 6.03. The highest BCUT2D eigenvalue weighted by Crippen LogP contribution is 2.30. The van der Waals surface area contributed by atoms with Crippen molar-refractivity contribution in [2.24, 2.45) is 11.8 Å². The zero-order chi connectivity index (χ0) is 16.2. The molecule has 0 amide bonds. The van der Waals surface area contributed by atoms with Crippen LogP contribution in [0.3, 0.4) is 0 Å². The van der Waals surface area contributed by atoms with E-state index in [2.05, 4.69) is 29.9 Å². The van der Waals surface area contributed by atoms with Crippen LogP contribution >= 0.6 is 0 Å². The van der Waals surface area contributed by atoms with Crippen molar-refractivity contribution < 1.29 is 14.3 Å². The molecule has 0 spiro atoms. The van der Waals surface area contributed by atoms with Gasteiger partial charge < -0.3 is 4.74 Å². The van der Waals surface area contributed by atoms with Crippen molar-refractivity contribution in [1.29, 1.82) is 0 Å². The van der Waals surface area contributed by atoms with Crippen molar-refractivity contribution in [3.8, 4) is 0 Å². The van der Waals surface area contributed by atoms with E-state index in [9.17, 15) is 9.59 Å². The molecule has 0 radical (unpaired) electrons. The largest absolute Gasteiger partial charge is 0.469 e. The number of unbranched alkanes of at least 4 members (excludes halogenated alkanes) is 4. The van der Waals surface area contributed by atoms with Gasteiger partial charge in [-0.15, -0.1) is 0 Å². The molecular formula is C19H30O3. The molecule has 1 rings (SSSR count). The first-order valence-corrected chi connectivity index (χ1v) is 8.62. The molecule has 0 heterocycles. The van der Waals surface area contributed by atoms with Gasteiger partial charge in [0.15, 0.2) is 5.78 Å². The maximum absolute atomic E-state index is 11.9. The second kappa shape index (κ2) is 11.2. The van der Waals surface area contributed by atoms with E-state index in [0.717, 1.165) is 44.9 Å². The molecular weight excluding hydrogens is 276 g/mol. The van der Waals surface area contributed by atoms with E-state index in [4.69, 9.17) is 0 Å². The monoisotopic (exact) mass is 306 g/mol. The van der Waals surface area contributed by atoms with Crippen molar-refractivity contribution in [3.05, 3.63) is 24.3 Å². The second-order valence-electron chi connectivity index (χ2n) is 6.03. The summed E-state index contributed by atoms with van der Waals surface area (Å²) in [7, 11) is 1.44. The lowest BCUT2D eigenvalue weighted by molar-refractivity contribution is -0.140. The van der Waals surface area contributed by atoms with Gasteiger partial charge in [-0.1, -0.05) is 50.8 Å². The molecule has 1 aliphatic carbocycles.